The van der Waals surface area contributed by atoms with Gasteiger partial charge in [0.15, 0.2) is 0 Å². The number of ether oxygens (including phenoxy) is 1. The highest BCUT2D eigenvalue weighted by Gasteiger charge is 2.24. The SMILES string of the molecule is CCCCOc1ccc(C(C)(C)C)cc1S(=O)(=O)Nc1cccc(C)n1. The number of nitrogens with zero attached hydrogens (tertiary/aromatic N) is 1. The first-order valence-electron chi connectivity index (χ1n) is 8.87. The molecule has 0 aliphatic carbocycles. The van der Waals surface area contributed by atoms with Crippen LogP contribution in [-0.2, 0) is 15.4 Å². The quantitative estimate of drug-likeness (QED) is 0.713. The largest absolute Gasteiger partial charge is 0.492 e. The lowest BCUT2D eigenvalue weighted by molar-refractivity contribution is 0.301. The molecule has 6 heteroatoms. The molecule has 0 saturated heterocycles. The summed E-state index contributed by atoms with van der Waals surface area (Å²) in [5.41, 5.74) is 1.50. The number of hydrogen-bond donors (Lipinski definition) is 1. The van der Waals surface area contributed by atoms with Crippen LogP contribution in [-0.4, -0.2) is 20.0 Å². The molecule has 0 bridgehead atoms. The third-order valence-corrected chi connectivity index (χ3v) is 5.36. The second kappa shape index (κ2) is 8.08. The number of pyridine rings is 1. The Morgan fingerprint density at radius 3 is 2.50 bits per heavy atom. The monoisotopic (exact) mass is 376 g/mol. The number of aromatic nitrogens is 1. The van der Waals surface area contributed by atoms with E-state index >= 15 is 0 Å². The van der Waals surface area contributed by atoms with Gasteiger partial charge >= 0.3 is 0 Å². The van der Waals surface area contributed by atoms with Crippen molar-refractivity contribution in [1.29, 1.82) is 0 Å². The highest BCUT2D eigenvalue weighted by molar-refractivity contribution is 7.92. The number of rotatable bonds is 7. The van der Waals surface area contributed by atoms with Gasteiger partial charge in [0.1, 0.15) is 16.5 Å². The van der Waals surface area contributed by atoms with Crippen LogP contribution in [0.1, 0.15) is 51.8 Å². The second-order valence-corrected chi connectivity index (χ2v) is 9.03. The van der Waals surface area contributed by atoms with Crippen molar-refractivity contribution < 1.29 is 13.2 Å². The van der Waals surface area contributed by atoms with Crippen LogP contribution in [0.4, 0.5) is 5.82 Å². The molecule has 0 aliphatic rings. The predicted octanol–water partition coefficient (Wildman–Crippen LogP) is 4.67. The molecule has 5 nitrogen and oxygen atoms in total. The molecule has 0 radical (unpaired) electrons. The zero-order chi connectivity index (χ0) is 19.4. The van der Waals surface area contributed by atoms with E-state index in [0.717, 1.165) is 24.1 Å². The van der Waals surface area contributed by atoms with E-state index in [1.807, 2.05) is 39.8 Å². The number of anilines is 1. The van der Waals surface area contributed by atoms with E-state index in [4.69, 9.17) is 4.74 Å². The molecule has 26 heavy (non-hydrogen) atoms. The first kappa shape index (κ1) is 20.2. The minimum atomic E-state index is -3.82. The predicted molar refractivity (Wildman–Crippen MR) is 105 cm³/mol. The molecule has 142 valence electrons. The molecule has 0 fully saturated rings. The van der Waals surface area contributed by atoms with E-state index < -0.39 is 10.0 Å². The van der Waals surface area contributed by atoms with Gasteiger partial charge in [-0.3, -0.25) is 4.72 Å². The standard InChI is InChI=1S/C20H28N2O3S/c1-6-7-13-25-17-12-11-16(20(3,4)5)14-18(17)26(23,24)22-19-10-8-9-15(2)21-19/h8-12,14H,6-7,13H2,1-5H3,(H,21,22). The maximum Gasteiger partial charge on any atom is 0.266 e. The average molecular weight is 377 g/mol. The summed E-state index contributed by atoms with van der Waals surface area (Å²) in [7, 11) is -3.82. The molecule has 0 amide bonds. The van der Waals surface area contributed by atoms with Gasteiger partial charge in [-0.05, 0) is 48.6 Å². The van der Waals surface area contributed by atoms with E-state index in [-0.39, 0.29) is 10.3 Å². The molecule has 0 aliphatic heterocycles. The number of aryl methyl sites for hydroxylation is 1. The lowest BCUT2D eigenvalue weighted by Gasteiger charge is -2.21. The summed E-state index contributed by atoms with van der Waals surface area (Å²) in [4.78, 5) is 4.37. The fourth-order valence-electron chi connectivity index (χ4n) is 2.42. The third-order valence-electron chi connectivity index (χ3n) is 3.98. The van der Waals surface area contributed by atoms with Gasteiger partial charge in [0.2, 0.25) is 0 Å². The summed E-state index contributed by atoms with van der Waals surface area (Å²) in [5.74, 6) is 0.664. The molecule has 2 aromatic rings. The lowest BCUT2D eigenvalue weighted by atomic mass is 9.87. The van der Waals surface area contributed by atoms with Gasteiger partial charge in [-0.25, -0.2) is 13.4 Å². The van der Waals surface area contributed by atoms with Crippen LogP contribution in [0.2, 0.25) is 0 Å². The van der Waals surface area contributed by atoms with E-state index in [0.29, 0.717) is 18.2 Å². The third kappa shape index (κ3) is 5.21. The molecule has 1 aromatic heterocycles. The number of benzene rings is 1. The van der Waals surface area contributed by atoms with E-state index in [9.17, 15) is 8.42 Å². The first-order chi connectivity index (χ1) is 12.1. The highest BCUT2D eigenvalue weighted by atomic mass is 32.2. The molecule has 1 heterocycles. The number of sulfonamides is 1. The van der Waals surface area contributed by atoms with Crippen LogP contribution < -0.4 is 9.46 Å². The van der Waals surface area contributed by atoms with Gasteiger partial charge in [-0.15, -0.1) is 0 Å². The van der Waals surface area contributed by atoms with Crippen LogP contribution in [0.5, 0.6) is 5.75 Å². The summed E-state index contributed by atoms with van der Waals surface area (Å²) >= 11 is 0. The van der Waals surface area contributed by atoms with Crippen molar-refractivity contribution in [3.05, 3.63) is 47.7 Å². The minimum Gasteiger partial charge on any atom is -0.492 e. The summed E-state index contributed by atoms with van der Waals surface area (Å²) in [6.45, 7) is 10.5. The normalized spacial score (nSPS) is 12.0. The highest BCUT2D eigenvalue weighted by Crippen LogP contribution is 2.32. The smallest absolute Gasteiger partial charge is 0.266 e. The van der Waals surface area contributed by atoms with E-state index in [2.05, 4.69) is 16.6 Å². The minimum absolute atomic E-state index is 0.143. The first-order valence-corrected chi connectivity index (χ1v) is 10.4. The van der Waals surface area contributed by atoms with E-state index in [1.165, 1.54) is 0 Å². The fourth-order valence-corrected chi connectivity index (χ4v) is 3.60. The Hall–Kier alpha value is -2.08. The zero-order valence-electron chi connectivity index (χ0n) is 16.2. The van der Waals surface area contributed by atoms with Crippen molar-refractivity contribution in [3.8, 4) is 5.75 Å². The van der Waals surface area contributed by atoms with Crippen molar-refractivity contribution in [3.63, 3.8) is 0 Å². The zero-order valence-corrected chi connectivity index (χ0v) is 17.0. The van der Waals surface area contributed by atoms with Crippen LogP contribution in [0.15, 0.2) is 41.3 Å². The van der Waals surface area contributed by atoms with E-state index in [1.54, 1.807) is 24.3 Å². The number of hydrogen-bond acceptors (Lipinski definition) is 4. The van der Waals surface area contributed by atoms with Crippen LogP contribution in [0.25, 0.3) is 0 Å². The van der Waals surface area contributed by atoms with Crippen molar-refractivity contribution in [2.75, 3.05) is 11.3 Å². The summed E-state index contributed by atoms with van der Waals surface area (Å²) in [6.07, 6.45) is 1.85. The maximum absolute atomic E-state index is 13.0. The van der Waals surface area contributed by atoms with Gasteiger partial charge in [0.05, 0.1) is 6.61 Å². The number of nitrogens with one attached hydrogen (secondary N) is 1. The van der Waals surface area contributed by atoms with Crippen LogP contribution >= 0.6 is 0 Å². The van der Waals surface area contributed by atoms with Crippen LogP contribution in [0.3, 0.4) is 0 Å². The summed E-state index contributed by atoms with van der Waals surface area (Å²) < 4.78 is 34.3. The Morgan fingerprint density at radius 2 is 1.88 bits per heavy atom. The molecule has 0 atom stereocenters. The molecule has 1 N–H and O–H groups in total. The molecule has 0 unspecified atom stereocenters. The molecule has 2 rings (SSSR count). The summed E-state index contributed by atoms with van der Waals surface area (Å²) in [6, 6.07) is 10.6. The molecular formula is C20H28N2O3S. The van der Waals surface area contributed by atoms with Crippen molar-refractivity contribution in [2.45, 2.75) is 57.8 Å². The Bertz CT molecular complexity index is 856. The van der Waals surface area contributed by atoms with Crippen molar-refractivity contribution >= 4 is 15.8 Å². The fraction of sp³-hybridized carbons (Fsp3) is 0.450. The molecule has 1 aromatic carbocycles. The van der Waals surface area contributed by atoms with Gasteiger partial charge < -0.3 is 4.74 Å². The molecule has 0 saturated carbocycles. The Morgan fingerprint density at radius 1 is 1.15 bits per heavy atom. The van der Waals surface area contributed by atoms with Crippen molar-refractivity contribution in [1.82, 2.24) is 4.98 Å². The Kier molecular flexibility index (Phi) is 6.29. The van der Waals surface area contributed by atoms with Crippen molar-refractivity contribution in [2.24, 2.45) is 0 Å². The molecular weight excluding hydrogens is 348 g/mol. The van der Waals surface area contributed by atoms with Gasteiger partial charge in [-0.1, -0.05) is 46.2 Å². The Labute approximate surface area is 156 Å². The van der Waals surface area contributed by atoms with Gasteiger partial charge in [-0.2, -0.15) is 0 Å². The van der Waals surface area contributed by atoms with Gasteiger partial charge in [0, 0.05) is 5.69 Å². The lowest BCUT2D eigenvalue weighted by Crippen LogP contribution is -2.18. The molecule has 0 spiro atoms. The maximum atomic E-state index is 13.0. The second-order valence-electron chi connectivity index (χ2n) is 7.38. The average Bonchev–Trinajstić information content (AvgIpc) is 2.54. The topological polar surface area (TPSA) is 68.3 Å². The van der Waals surface area contributed by atoms with Gasteiger partial charge in [0.25, 0.3) is 10.0 Å². The van der Waals surface area contributed by atoms with Crippen LogP contribution in [0, 0.1) is 6.92 Å². The summed E-state index contributed by atoms with van der Waals surface area (Å²) in [5, 5.41) is 0. The Balaban J connectivity index is 2.44. The number of unbranched alkanes of at least 4 members (excludes halogenated alkanes) is 1.